The lowest BCUT2D eigenvalue weighted by molar-refractivity contribution is -0.135. The Kier molecular flexibility index (Phi) is 4.73. The predicted octanol–water partition coefficient (Wildman–Crippen LogP) is 2.36. The van der Waals surface area contributed by atoms with Gasteiger partial charge in [0.15, 0.2) is 0 Å². The molecule has 1 heterocycles. The molecular weight excluding hydrogens is 272 g/mol. The molecule has 0 unspecified atom stereocenters. The Balaban J connectivity index is 2.76. The predicted molar refractivity (Wildman–Crippen MR) is 67.5 cm³/mol. The number of hydrogen-bond acceptors (Lipinski definition) is 4. The summed E-state index contributed by atoms with van der Waals surface area (Å²) < 4.78 is 37.1. The number of hydrogen-bond donors (Lipinski definition) is 0. The first kappa shape index (κ1) is 16.4. The van der Waals surface area contributed by atoms with E-state index in [0.29, 0.717) is 0 Å². The van der Waals surface area contributed by atoms with Crippen molar-refractivity contribution in [1.82, 2.24) is 4.90 Å². The summed E-state index contributed by atoms with van der Waals surface area (Å²) in [6.07, 6.45) is -0.0948. The van der Waals surface area contributed by atoms with Crippen LogP contribution in [0.2, 0.25) is 0 Å². The third-order valence-electron chi connectivity index (χ3n) is 2.66. The van der Waals surface area contributed by atoms with Crippen LogP contribution in [-0.2, 0) is 14.3 Å². The largest absolute Gasteiger partial charge is 0.466 e. The van der Waals surface area contributed by atoms with Gasteiger partial charge < -0.3 is 14.4 Å². The molecule has 114 valence electrons. The zero-order valence-electron chi connectivity index (χ0n) is 12.0. The second kappa shape index (κ2) is 5.76. The fourth-order valence-corrected chi connectivity index (χ4v) is 1.72. The maximum absolute atomic E-state index is 13.9. The number of carbonyl (C=O) groups excluding carboxylic acids is 2. The second-order valence-electron chi connectivity index (χ2n) is 5.55. The Morgan fingerprint density at radius 1 is 1.35 bits per heavy atom. The van der Waals surface area contributed by atoms with Crippen LogP contribution >= 0.6 is 0 Å². The van der Waals surface area contributed by atoms with E-state index in [1.807, 2.05) is 0 Å². The fraction of sp³-hybridized carbons (Fsp3) is 0.692. The Morgan fingerprint density at radius 2 is 1.95 bits per heavy atom. The van der Waals surface area contributed by atoms with E-state index in [2.05, 4.69) is 4.74 Å². The number of methoxy groups -OCH3 is 1. The molecule has 0 bridgehead atoms. The third kappa shape index (κ3) is 4.47. The van der Waals surface area contributed by atoms with Gasteiger partial charge in [0.2, 0.25) is 0 Å². The molecule has 1 aliphatic heterocycles. The summed E-state index contributed by atoms with van der Waals surface area (Å²) in [6.45, 7) is 4.26. The normalized spacial score (nSPS) is 20.7. The number of nitrogens with zero attached hydrogens (tertiary/aromatic N) is 1. The summed E-state index contributed by atoms with van der Waals surface area (Å²) in [4.78, 5) is 23.7. The molecule has 1 aliphatic rings. The maximum Gasteiger partial charge on any atom is 0.410 e. The highest BCUT2D eigenvalue weighted by Crippen LogP contribution is 2.32. The Hall–Kier alpha value is -1.66. The first-order valence-electron chi connectivity index (χ1n) is 6.20. The molecule has 0 aromatic carbocycles. The van der Waals surface area contributed by atoms with Gasteiger partial charge in [-0.3, -0.25) is 0 Å². The van der Waals surface area contributed by atoms with Crippen molar-refractivity contribution in [1.29, 1.82) is 0 Å². The molecule has 0 atom stereocenters. The minimum absolute atomic E-state index is 0.0767. The van der Waals surface area contributed by atoms with Gasteiger partial charge in [0.05, 0.1) is 13.7 Å². The summed E-state index contributed by atoms with van der Waals surface area (Å²) >= 11 is 0. The molecule has 20 heavy (non-hydrogen) atoms. The van der Waals surface area contributed by atoms with Crippen molar-refractivity contribution >= 4 is 12.1 Å². The molecule has 0 saturated carbocycles. The van der Waals surface area contributed by atoms with Gasteiger partial charge >= 0.3 is 12.1 Å². The average molecular weight is 291 g/mol. The number of carbonyl (C=O) groups is 2. The molecule has 0 aromatic rings. The summed E-state index contributed by atoms with van der Waals surface area (Å²) in [6, 6.07) is 0. The van der Waals surface area contributed by atoms with Crippen molar-refractivity contribution in [3.8, 4) is 0 Å². The summed E-state index contributed by atoms with van der Waals surface area (Å²) in [5.41, 5.74) is -1.07. The molecule has 1 rings (SSSR count). The Labute approximate surface area is 116 Å². The highest BCUT2D eigenvalue weighted by Gasteiger charge is 2.43. The fourth-order valence-electron chi connectivity index (χ4n) is 1.72. The van der Waals surface area contributed by atoms with E-state index in [-0.39, 0.29) is 18.5 Å². The maximum atomic E-state index is 13.9. The Morgan fingerprint density at radius 3 is 2.40 bits per heavy atom. The van der Waals surface area contributed by atoms with E-state index >= 15 is 0 Å². The third-order valence-corrected chi connectivity index (χ3v) is 2.66. The highest BCUT2D eigenvalue weighted by atomic mass is 19.3. The topological polar surface area (TPSA) is 55.8 Å². The Bertz CT molecular complexity index is 427. The zero-order chi connectivity index (χ0) is 15.6. The first-order chi connectivity index (χ1) is 9.05. The monoisotopic (exact) mass is 291 g/mol. The van der Waals surface area contributed by atoms with Crippen molar-refractivity contribution in [3.63, 3.8) is 0 Å². The van der Waals surface area contributed by atoms with Crippen LogP contribution < -0.4 is 0 Å². The minimum Gasteiger partial charge on any atom is -0.466 e. The number of halogens is 2. The van der Waals surface area contributed by atoms with Gasteiger partial charge in [-0.2, -0.15) is 8.78 Å². The van der Waals surface area contributed by atoms with E-state index < -0.39 is 30.1 Å². The van der Waals surface area contributed by atoms with Crippen LogP contribution in [0.25, 0.3) is 0 Å². The van der Waals surface area contributed by atoms with Crippen molar-refractivity contribution < 1.29 is 27.8 Å². The lowest BCUT2D eigenvalue weighted by atomic mass is 10.00. The van der Waals surface area contributed by atoms with Crippen molar-refractivity contribution in [3.05, 3.63) is 11.6 Å². The van der Waals surface area contributed by atoms with Crippen molar-refractivity contribution in [2.24, 2.45) is 0 Å². The first-order valence-corrected chi connectivity index (χ1v) is 6.20. The number of piperidine rings is 1. The number of ether oxygens (including phenoxy) is 2. The van der Waals surface area contributed by atoms with Crippen LogP contribution in [0.4, 0.5) is 13.6 Å². The minimum atomic E-state index is -3.26. The standard InChI is InChI=1S/C13H19F2NO4/c1-12(2,3)20-11(18)16-6-5-9(7-10(17)19-4)13(14,15)8-16/h7H,5-6,8H2,1-4H3/b9-7+. The lowest BCUT2D eigenvalue weighted by Gasteiger charge is -2.35. The van der Waals surface area contributed by atoms with Crippen LogP contribution in [-0.4, -0.2) is 48.7 Å². The van der Waals surface area contributed by atoms with E-state index in [1.54, 1.807) is 20.8 Å². The van der Waals surface area contributed by atoms with Gasteiger partial charge in [-0.15, -0.1) is 0 Å². The van der Waals surface area contributed by atoms with Gasteiger partial charge in [-0.1, -0.05) is 0 Å². The second-order valence-corrected chi connectivity index (χ2v) is 5.55. The smallest absolute Gasteiger partial charge is 0.410 e. The number of alkyl halides is 2. The SMILES string of the molecule is COC(=O)/C=C1\CCN(C(=O)OC(C)(C)C)CC1(F)F. The molecule has 7 heteroatoms. The lowest BCUT2D eigenvalue weighted by Crippen LogP contribution is -2.48. The van der Waals surface area contributed by atoms with Crippen LogP contribution in [0.15, 0.2) is 11.6 Å². The van der Waals surface area contributed by atoms with E-state index in [4.69, 9.17) is 4.74 Å². The molecule has 0 radical (unpaired) electrons. The molecule has 0 aromatic heterocycles. The van der Waals surface area contributed by atoms with Gasteiger partial charge in [0.25, 0.3) is 5.92 Å². The quantitative estimate of drug-likeness (QED) is 0.550. The van der Waals surface area contributed by atoms with Gasteiger partial charge in [-0.25, -0.2) is 9.59 Å². The molecule has 5 nitrogen and oxygen atoms in total. The number of rotatable bonds is 1. The van der Waals surface area contributed by atoms with Gasteiger partial charge in [0, 0.05) is 18.2 Å². The van der Waals surface area contributed by atoms with Crippen LogP contribution in [0, 0.1) is 0 Å². The molecular formula is C13H19F2NO4. The molecule has 0 aliphatic carbocycles. The highest BCUT2D eigenvalue weighted by molar-refractivity contribution is 5.83. The van der Waals surface area contributed by atoms with Crippen LogP contribution in [0.5, 0.6) is 0 Å². The summed E-state index contributed by atoms with van der Waals surface area (Å²) in [5.74, 6) is -4.09. The van der Waals surface area contributed by atoms with E-state index in [0.717, 1.165) is 18.1 Å². The van der Waals surface area contributed by atoms with Crippen molar-refractivity contribution in [2.45, 2.75) is 38.7 Å². The van der Waals surface area contributed by atoms with Crippen molar-refractivity contribution in [2.75, 3.05) is 20.2 Å². The molecule has 1 fully saturated rings. The van der Waals surface area contributed by atoms with Gasteiger partial charge in [0.1, 0.15) is 5.60 Å². The number of likely N-dealkylation sites (tertiary alicyclic amines) is 1. The molecule has 0 N–H and O–H groups in total. The van der Waals surface area contributed by atoms with E-state index in [1.165, 1.54) is 0 Å². The number of amides is 1. The average Bonchev–Trinajstić information content (AvgIpc) is 2.28. The van der Waals surface area contributed by atoms with Crippen LogP contribution in [0.3, 0.4) is 0 Å². The molecule has 0 spiro atoms. The van der Waals surface area contributed by atoms with Gasteiger partial charge in [-0.05, 0) is 27.2 Å². The van der Waals surface area contributed by atoms with E-state index in [9.17, 15) is 18.4 Å². The zero-order valence-corrected chi connectivity index (χ0v) is 12.0. The summed E-state index contributed by atoms with van der Waals surface area (Å²) in [7, 11) is 1.12. The number of esters is 1. The molecule has 1 amide bonds. The summed E-state index contributed by atoms with van der Waals surface area (Å²) in [5, 5.41) is 0. The van der Waals surface area contributed by atoms with Crippen LogP contribution in [0.1, 0.15) is 27.2 Å². The molecule has 1 saturated heterocycles.